The van der Waals surface area contributed by atoms with E-state index in [-0.39, 0.29) is 30.5 Å². The number of rotatable bonds is 15. The van der Waals surface area contributed by atoms with Crippen LogP contribution in [0.1, 0.15) is 25.3 Å². The summed E-state index contributed by atoms with van der Waals surface area (Å²) >= 11 is 4.53. The average Bonchev–Trinajstić information content (AvgIpc) is 2.95. The zero-order valence-electron chi connectivity index (χ0n) is 22.2. The molecule has 3 aromatic rings. The number of hydrogen-bond acceptors (Lipinski definition) is 8. The summed E-state index contributed by atoms with van der Waals surface area (Å²) in [5.41, 5.74) is 3.40. The van der Waals surface area contributed by atoms with Gasteiger partial charge in [0.15, 0.2) is 9.84 Å². The van der Waals surface area contributed by atoms with Gasteiger partial charge in [0, 0.05) is 15.6 Å². The van der Waals surface area contributed by atoms with E-state index in [1.165, 1.54) is 6.08 Å². The zero-order chi connectivity index (χ0) is 29.0. The van der Waals surface area contributed by atoms with Gasteiger partial charge in [-0.25, -0.2) is 13.4 Å². The SMILES string of the molecule is C=CCOCC(CS(=O)(=O)CCCC)OC(=O)CSc1nc(-c2ccc(Br)cc2)cc(-c2ccccc2)c1C#N. The fourth-order valence-corrected chi connectivity index (χ4v) is 6.50. The lowest BCUT2D eigenvalue weighted by Crippen LogP contribution is -2.33. The van der Waals surface area contributed by atoms with Gasteiger partial charge in [0.05, 0.1) is 41.7 Å². The molecule has 0 aliphatic carbocycles. The molecule has 2 aromatic carbocycles. The molecular formula is C30H31BrN2O5S2. The minimum Gasteiger partial charge on any atom is -0.458 e. The van der Waals surface area contributed by atoms with Crippen LogP contribution in [-0.4, -0.2) is 55.9 Å². The zero-order valence-corrected chi connectivity index (χ0v) is 25.4. The van der Waals surface area contributed by atoms with E-state index in [4.69, 9.17) is 14.5 Å². The molecule has 0 aliphatic rings. The van der Waals surface area contributed by atoms with Crippen LogP contribution < -0.4 is 0 Å². The lowest BCUT2D eigenvalue weighted by molar-refractivity contribution is -0.147. The first kappa shape index (κ1) is 31.6. The molecule has 0 bridgehead atoms. The molecular weight excluding hydrogens is 612 g/mol. The summed E-state index contributed by atoms with van der Waals surface area (Å²) in [5.74, 6) is -1.08. The number of esters is 1. The summed E-state index contributed by atoms with van der Waals surface area (Å²) in [6.07, 6.45) is 1.87. The van der Waals surface area contributed by atoms with Crippen molar-refractivity contribution in [1.82, 2.24) is 4.98 Å². The molecule has 1 aromatic heterocycles. The maximum Gasteiger partial charge on any atom is 0.316 e. The van der Waals surface area contributed by atoms with Crippen molar-refractivity contribution in [3.8, 4) is 28.5 Å². The Labute approximate surface area is 248 Å². The predicted octanol–water partition coefficient (Wildman–Crippen LogP) is 6.47. The number of hydrogen-bond donors (Lipinski definition) is 0. The van der Waals surface area contributed by atoms with Crippen LogP contribution in [0.25, 0.3) is 22.4 Å². The Balaban J connectivity index is 1.86. The Hall–Kier alpha value is -2.97. The summed E-state index contributed by atoms with van der Waals surface area (Å²) in [6, 6.07) is 21.3. The Bertz CT molecular complexity index is 1440. The van der Waals surface area contributed by atoms with E-state index in [1.807, 2.05) is 67.6 Å². The number of sulfone groups is 1. The van der Waals surface area contributed by atoms with Gasteiger partial charge in [0.1, 0.15) is 17.2 Å². The molecule has 0 radical (unpaired) electrons. The van der Waals surface area contributed by atoms with Crippen molar-refractivity contribution >= 4 is 43.5 Å². The third-order valence-electron chi connectivity index (χ3n) is 5.74. The highest BCUT2D eigenvalue weighted by atomic mass is 79.9. The van der Waals surface area contributed by atoms with Crippen molar-refractivity contribution in [2.45, 2.75) is 30.9 Å². The van der Waals surface area contributed by atoms with Crippen LogP contribution in [-0.2, 0) is 24.1 Å². The van der Waals surface area contributed by atoms with Crippen LogP contribution in [0, 0.1) is 11.3 Å². The monoisotopic (exact) mass is 642 g/mol. The standard InChI is InChI=1S/C30H31BrN2O5S2/c1-3-5-16-40(35,36)21-25(19-37-15-4-2)38-29(34)20-39-30-27(18-32)26(22-9-7-6-8-10-22)17-28(33-30)23-11-13-24(31)14-12-23/h4,6-14,17,25H,2-3,5,15-16,19-21H2,1H3. The first-order valence-corrected chi connectivity index (χ1v) is 16.3. The highest BCUT2D eigenvalue weighted by Gasteiger charge is 2.24. The topological polar surface area (TPSA) is 106 Å². The van der Waals surface area contributed by atoms with Gasteiger partial charge in [-0.1, -0.05) is 89.6 Å². The number of carbonyl (C=O) groups is 1. The fourth-order valence-electron chi connectivity index (χ4n) is 3.83. The van der Waals surface area contributed by atoms with Crippen molar-refractivity contribution in [2.75, 3.05) is 30.5 Å². The van der Waals surface area contributed by atoms with Gasteiger partial charge < -0.3 is 9.47 Å². The summed E-state index contributed by atoms with van der Waals surface area (Å²) in [6.45, 7) is 5.64. The summed E-state index contributed by atoms with van der Waals surface area (Å²) in [5, 5.41) is 10.5. The molecule has 0 saturated carbocycles. The summed E-state index contributed by atoms with van der Waals surface area (Å²) < 4.78 is 36.9. The Morgan fingerprint density at radius 1 is 1.18 bits per heavy atom. The molecule has 1 heterocycles. The summed E-state index contributed by atoms with van der Waals surface area (Å²) in [4.78, 5) is 17.6. The van der Waals surface area contributed by atoms with Gasteiger partial charge in [-0.05, 0) is 30.2 Å². The smallest absolute Gasteiger partial charge is 0.316 e. The molecule has 10 heteroatoms. The number of carbonyl (C=O) groups excluding carboxylic acids is 1. The van der Waals surface area contributed by atoms with Gasteiger partial charge in [0.25, 0.3) is 0 Å². The second-order valence-corrected chi connectivity index (χ2v) is 13.0. The molecule has 0 saturated heterocycles. The van der Waals surface area contributed by atoms with Crippen molar-refractivity contribution in [1.29, 1.82) is 5.26 Å². The number of nitrogens with zero attached hydrogens (tertiary/aromatic N) is 2. The highest BCUT2D eigenvalue weighted by Crippen LogP contribution is 2.34. The number of benzene rings is 2. The van der Waals surface area contributed by atoms with Gasteiger partial charge >= 0.3 is 5.97 Å². The molecule has 0 aliphatic heterocycles. The quantitative estimate of drug-likeness (QED) is 0.0803. The minimum atomic E-state index is -3.43. The second kappa shape index (κ2) is 15.7. The molecule has 1 unspecified atom stereocenters. The normalized spacial score (nSPS) is 11.9. The Kier molecular flexibility index (Phi) is 12.4. The van der Waals surface area contributed by atoms with E-state index in [0.29, 0.717) is 28.3 Å². The van der Waals surface area contributed by atoms with Crippen LogP contribution in [0.4, 0.5) is 0 Å². The predicted molar refractivity (Wildman–Crippen MR) is 163 cm³/mol. The average molecular weight is 644 g/mol. The Morgan fingerprint density at radius 3 is 2.55 bits per heavy atom. The maximum atomic E-state index is 12.9. The van der Waals surface area contributed by atoms with Gasteiger partial charge in [-0.15, -0.1) is 6.58 Å². The molecule has 0 fully saturated rings. The number of pyridine rings is 1. The lowest BCUT2D eigenvalue weighted by Gasteiger charge is -2.18. The summed E-state index contributed by atoms with van der Waals surface area (Å²) in [7, 11) is -3.43. The van der Waals surface area contributed by atoms with Gasteiger partial charge in [-0.3, -0.25) is 4.79 Å². The van der Waals surface area contributed by atoms with Crippen molar-refractivity contribution < 1.29 is 22.7 Å². The molecule has 0 N–H and O–H groups in total. The van der Waals surface area contributed by atoms with E-state index >= 15 is 0 Å². The lowest BCUT2D eigenvalue weighted by atomic mass is 9.99. The van der Waals surface area contributed by atoms with E-state index in [0.717, 1.165) is 33.8 Å². The number of halogens is 1. The van der Waals surface area contributed by atoms with Gasteiger partial charge in [-0.2, -0.15) is 5.26 Å². The molecule has 40 heavy (non-hydrogen) atoms. The van der Waals surface area contributed by atoms with Crippen LogP contribution in [0.15, 0.2) is 82.8 Å². The van der Waals surface area contributed by atoms with Gasteiger partial charge in [0.2, 0.25) is 0 Å². The van der Waals surface area contributed by atoms with Crippen LogP contribution in [0.5, 0.6) is 0 Å². The number of thioether (sulfide) groups is 1. The first-order chi connectivity index (χ1) is 19.3. The van der Waals surface area contributed by atoms with E-state index in [9.17, 15) is 18.5 Å². The third-order valence-corrected chi connectivity index (χ3v) is 9.00. The third kappa shape index (κ3) is 9.59. The molecule has 0 amide bonds. The van der Waals surface area contributed by atoms with Crippen molar-refractivity contribution in [2.24, 2.45) is 0 Å². The van der Waals surface area contributed by atoms with Crippen LogP contribution in [0.3, 0.4) is 0 Å². The fraction of sp³-hybridized carbons (Fsp3) is 0.300. The maximum absolute atomic E-state index is 12.9. The van der Waals surface area contributed by atoms with E-state index in [1.54, 1.807) is 0 Å². The number of nitriles is 1. The highest BCUT2D eigenvalue weighted by molar-refractivity contribution is 9.10. The first-order valence-electron chi connectivity index (χ1n) is 12.7. The molecule has 1 atom stereocenters. The molecule has 3 rings (SSSR count). The Morgan fingerprint density at radius 2 is 1.90 bits per heavy atom. The van der Waals surface area contributed by atoms with Crippen molar-refractivity contribution in [3.05, 3.63) is 83.4 Å². The molecule has 7 nitrogen and oxygen atoms in total. The minimum absolute atomic E-state index is 0.0221. The van der Waals surface area contributed by atoms with E-state index in [2.05, 4.69) is 28.6 Å². The molecule has 0 spiro atoms. The van der Waals surface area contributed by atoms with Crippen LogP contribution in [0.2, 0.25) is 0 Å². The number of unbranched alkanes of at least 4 members (excludes halogenated alkanes) is 1. The van der Waals surface area contributed by atoms with Crippen molar-refractivity contribution in [3.63, 3.8) is 0 Å². The number of aromatic nitrogens is 1. The largest absolute Gasteiger partial charge is 0.458 e. The number of ether oxygens (including phenoxy) is 2. The second-order valence-electron chi connectivity index (χ2n) is 8.91. The molecule has 210 valence electrons. The van der Waals surface area contributed by atoms with E-state index < -0.39 is 21.9 Å². The van der Waals surface area contributed by atoms with Crippen LogP contribution >= 0.6 is 27.7 Å².